The quantitative estimate of drug-likeness (QED) is 0.607. The molecule has 0 aliphatic carbocycles. The van der Waals surface area contributed by atoms with Gasteiger partial charge in [0.2, 0.25) is 0 Å². The van der Waals surface area contributed by atoms with E-state index in [1.165, 1.54) is 25.7 Å². The van der Waals surface area contributed by atoms with Gasteiger partial charge in [0.05, 0.1) is 18.8 Å². The van der Waals surface area contributed by atoms with E-state index in [1.807, 2.05) is 13.8 Å². The Kier molecular flexibility index (Phi) is 10.9. The Hall–Kier alpha value is -0.120. The molecule has 0 amide bonds. The monoisotopic (exact) mass is 245 g/mol. The van der Waals surface area contributed by atoms with Gasteiger partial charge in [-0.2, -0.15) is 0 Å². The van der Waals surface area contributed by atoms with Crippen LogP contribution in [0.3, 0.4) is 0 Å². The molecule has 1 unspecified atom stereocenters. The van der Waals surface area contributed by atoms with Crippen molar-refractivity contribution in [2.24, 2.45) is 0 Å². The molecule has 0 spiro atoms. The van der Waals surface area contributed by atoms with Crippen LogP contribution in [0.15, 0.2) is 0 Å². The second-order valence-electron chi connectivity index (χ2n) is 5.04. The Bertz CT molecular complexity index is 154. The van der Waals surface area contributed by atoms with Crippen LogP contribution in [-0.2, 0) is 4.74 Å². The molecule has 0 aliphatic heterocycles. The highest BCUT2D eigenvalue weighted by atomic mass is 16.5. The lowest BCUT2D eigenvalue weighted by atomic mass is 10.2. The molecule has 0 rings (SSSR count). The molecule has 0 aliphatic rings. The Balaban J connectivity index is 3.84. The molecule has 0 radical (unpaired) electrons. The zero-order valence-electron chi connectivity index (χ0n) is 12.1. The van der Waals surface area contributed by atoms with Gasteiger partial charge in [0.1, 0.15) is 0 Å². The van der Waals surface area contributed by atoms with E-state index in [2.05, 4.69) is 18.7 Å². The van der Waals surface area contributed by atoms with E-state index >= 15 is 0 Å². The van der Waals surface area contributed by atoms with Crippen LogP contribution in [0.5, 0.6) is 0 Å². The molecule has 1 N–H and O–H groups in total. The van der Waals surface area contributed by atoms with Crippen molar-refractivity contribution in [1.29, 1.82) is 0 Å². The van der Waals surface area contributed by atoms with Gasteiger partial charge in [-0.15, -0.1) is 0 Å². The minimum absolute atomic E-state index is 0.199. The summed E-state index contributed by atoms with van der Waals surface area (Å²) in [5, 5.41) is 9.90. The molecule has 17 heavy (non-hydrogen) atoms. The number of hydrogen-bond donors (Lipinski definition) is 1. The molecule has 3 nitrogen and oxygen atoms in total. The first-order valence-corrected chi connectivity index (χ1v) is 7.12. The van der Waals surface area contributed by atoms with Crippen molar-refractivity contribution in [2.45, 2.75) is 65.6 Å². The summed E-state index contributed by atoms with van der Waals surface area (Å²) in [6, 6.07) is 0. The molecule has 0 bridgehead atoms. The summed E-state index contributed by atoms with van der Waals surface area (Å²) in [6.45, 7) is 11.8. The third-order valence-corrected chi connectivity index (χ3v) is 2.75. The van der Waals surface area contributed by atoms with Crippen LogP contribution >= 0.6 is 0 Å². The highest BCUT2D eigenvalue weighted by molar-refractivity contribution is 4.65. The second kappa shape index (κ2) is 11.0. The predicted octanol–water partition coefficient (Wildman–Crippen LogP) is 2.67. The first-order valence-electron chi connectivity index (χ1n) is 7.12. The summed E-state index contributed by atoms with van der Waals surface area (Å²) in [6.07, 6.45) is 4.68. The summed E-state index contributed by atoms with van der Waals surface area (Å²) in [5.74, 6) is 0. The average Bonchev–Trinajstić information content (AvgIpc) is 2.30. The summed E-state index contributed by atoms with van der Waals surface area (Å²) in [7, 11) is 0. The standard InChI is InChI=1S/C14H31NO2/c1-5-7-9-15(10-8-6-2)11-14(16)12-17-13(3)4/h13-14,16H,5-12H2,1-4H3. The number of aliphatic hydroxyl groups excluding tert-OH is 1. The lowest BCUT2D eigenvalue weighted by Gasteiger charge is -2.25. The van der Waals surface area contributed by atoms with Crippen molar-refractivity contribution < 1.29 is 9.84 Å². The van der Waals surface area contributed by atoms with Crippen molar-refractivity contribution in [3.05, 3.63) is 0 Å². The summed E-state index contributed by atoms with van der Waals surface area (Å²) in [4.78, 5) is 2.36. The van der Waals surface area contributed by atoms with E-state index in [1.54, 1.807) is 0 Å². The van der Waals surface area contributed by atoms with Crippen LogP contribution in [-0.4, -0.2) is 48.5 Å². The van der Waals surface area contributed by atoms with Crippen LogP contribution in [0.1, 0.15) is 53.4 Å². The predicted molar refractivity (Wildman–Crippen MR) is 73.4 cm³/mol. The van der Waals surface area contributed by atoms with Crippen molar-refractivity contribution in [3.63, 3.8) is 0 Å². The molecule has 0 saturated carbocycles. The van der Waals surface area contributed by atoms with Gasteiger partial charge in [-0.1, -0.05) is 26.7 Å². The van der Waals surface area contributed by atoms with Crippen LogP contribution < -0.4 is 0 Å². The van der Waals surface area contributed by atoms with Gasteiger partial charge in [0.15, 0.2) is 0 Å². The number of unbranched alkanes of at least 4 members (excludes halogenated alkanes) is 2. The van der Waals surface area contributed by atoms with Crippen LogP contribution in [0.25, 0.3) is 0 Å². The van der Waals surface area contributed by atoms with Gasteiger partial charge in [0, 0.05) is 6.54 Å². The summed E-state index contributed by atoms with van der Waals surface area (Å²) >= 11 is 0. The third-order valence-electron chi connectivity index (χ3n) is 2.75. The Morgan fingerprint density at radius 3 is 2.00 bits per heavy atom. The Labute approximate surface area is 107 Å². The molecule has 0 aromatic carbocycles. The van der Waals surface area contributed by atoms with E-state index in [-0.39, 0.29) is 12.2 Å². The van der Waals surface area contributed by atoms with Crippen molar-refractivity contribution in [1.82, 2.24) is 4.90 Å². The molecule has 0 heterocycles. The van der Waals surface area contributed by atoms with Gasteiger partial charge in [0.25, 0.3) is 0 Å². The van der Waals surface area contributed by atoms with Crippen LogP contribution in [0.2, 0.25) is 0 Å². The van der Waals surface area contributed by atoms with Crippen molar-refractivity contribution >= 4 is 0 Å². The molecule has 3 heteroatoms. The highest BCUT2D eigenvalue weighted by Crippen LogP contribution is 2.02. The van der Waals surface area contributed by atoms with E-state index in [9.17, 15) is 5.11 Å². The van der Waals surface area contributed by atoms with Gasteiger partial charge >= 0.3 is 0 Å². The lowest BCUT2D eigenvalue weighted by molar-refractivity contribution is -0.00873. The molecular weight excluding hydrogens is 214 g/mol. The fourth-order valence-corrected chi connectivity index (χ4v) is 1.71. The molecule has 1 atom stereocenters. The van der Waals surface area contributed by atoms with Crippen LogP contribution in [0.4, 0.5) is 0 Å². The Morgan fingerprint density at radius 1 is 1.06 bits per heavy atom. The zero-order valence-corrected chi connectivity index (χ0v) is 12.1. The third kappa shape index (κ3) is 10.7. The minimum Gasteiger partial charge on any atom is -0.389 e. The fraction of sp³-hybridized carbons (Fsp3) is 1.00. The molecule has 0 fully saturated rings. The van der Waals surface area contributed by atoms with Gasteiger partial charge in [-0.05, 0) is 39.8 Å². The molecule has 0 saturated heterocycles. The maximum absolute atomic E-state index is 9.90. The number of aliphatic hydroxyl groups is 1. The number of hydrogen-bond acceptors (Lipinski definition) is 3. The van der Waals surface area contributed by atoms with Gasteiger partial charge in [-0.3, -0.25) is 0 Å². The van der Waals surface area contributed by atoms with E-state index in [0.29, 0.717) is 6.61 Å². The smallest absolute Gasteiger partial charge is 0.0900 e. The first-order chi connectivity index (χ1) is 8.10. The van der Waals surface area contributed by atoms with Crippen molar-refractivity contribution in [3.8, 4) is 0 Å². The van der Waals surface area contributed by atoms with E-state index < -0.39 is 0 Å². The van der Waals surface area contributed by atoms with Gasteiger partial charge < -0.3 is 14.7 Å². The molecule has 0 aromatic heterocycles. The van der Waals surface area contributed by atoms with E-state index in [0.717, 1.165) is 19.6 Å². The Morgan fingerprint density at radius 2 is 1.59 bits per heavy atom. The number of nitrogens with zero attached hydrogens (tertiary/aromatic N) is 1. The first kappa shape index (κ1) is 16.9. The van der Waals surface area contributed by atoms with E-state index in [4.69, 9.17) is 4.74 Å². The fourth-order valence-electron chi connectivity index (χ4n) is 1.71. The summed E-state index contributed by atoms with van der Waals surface area (Å²) < 4.78 is 5.44. The normalized spacial score (nSPS) is 13.6. The van der Waals surface area contributed by atoms with Crippen molar-refractivity contribution in [2.75, 3.05) is 26.2 Å². The highest BCUT2D eigenvalue weighted by Gasteiger charge is 2.11. The van der Waals surface area contributed by atoms with Gasteiger partial charge in [-0.25, -0.2) is 0 Å². The lowest BCUT2D eigenvalue weighted by Crippen LogP contribution is -2.36. The topological polar surface area (TPSA) is 32.7 Å². The molecule has 104 valence electrons. The van der Waals surface area contributed by atoms with Crippen LogP contribution in [0, 0.1) is 0 Å². The minimum atomic E-state index is -0.355. The average molecular weight is 245 g/mol. The molecular formula is C14H31NO2. The number of ether oxygens (including phenoxy) is 1. The SMILES string of the molecule is CCCCN(CCCC)CC(O)COC(C)C. The number of rotatable bonds is 11. The summed E-state index contributed by atoms with van der Waals surface area (Å²) in [5.41, 5.74) is 0. The molecule has 0 aromatic rings. The largest absolute Gasteiger partial charge is 0.389 e. The maximum atomic E-state index is 9.90. The maximum Gasteiger partial charge on any atom is 0.0900 e. The zero-order chi connectivity index (χ0) is 13.1. The second-order valence-corrected chi connectivity index (χ2v) is 5.04.